The van der Waals surface area contributed by atoms with Gasteiger partial charge in [-0.2, -0.15) is 8.42 Å². The molecule has 0 unspecified atom stereocenters. The Hall–Kier alpha value is -1.72. The van der Waals surface area contributed by atoms with E-state index in [2.05, 4.69) is 0 Å². The smallest absolute Gasteiger partial charge is 0.339 e. The maximum Gasteiger partial charge on any atom is 0.339 e. The fourth-order valence-electron chi connectivity index (χ4n) is 2.14. The van der Waals surface area contributed by atoms with Crippen molar-refractivity contribution >= 4 is 21.7 Å². The summed E-state index contributed by atoms with van der Waals surface area (Å²) in [5.41, 5.74) is 2.24. The van der Waals surface area contributed by atoms with Crippen LogP contribution in [0.5, 0.6) is 11.5 Å². The van der Waals surface area contributed by atoms with Crippen LogP contribution in [0.2, 0.25) is 5.02 Å². The maximum absolute atomic E-state index is 12.4. The molecule has 0 atom stereocenters. The summed E-state index contributed by atoms with van der Waals surface area (Å²) >= 11 is 6.07. The number of hydrogen-bond donors (Lipinski definition) is 0. The number of methoxy groups -OCH3 is 1. The minimum atomic E-state index is -3.91. The van der Waals surface area contributed by atoms with Crippen molar-refractivity contribution in [1.82, 2.24) is 0 Å². The highest BCUT2D eigenvalue weighted by molar-refractivity contribution is 7.87. The average molecular weight is 341 g/mol. The zero-order valence-corrected chi connectivity index (χ0v) is 14.4. The third-order valence-electron chi connectivity index (χ3n) is 3.27. The molecule has 118 valence electrons. The first-order valence-corrected chi connectivity index (χ1v) is 8.39. The molecule has 2 rings (SSSR count). The molecule has 4 nitrogen and oxygen atoms in total. The van der Waals surface area contributed by atoms with Crippen LogP contribution in [0.25, 0.3) is 0 Å². The van der Waals surface area contributed by atoms with E-state index in [1.807, 2.05) is 0 Å². The average Bonchev–Trinajstić information content (AvgIpc) is 2.44. The summed E-state index contributed by atoms with van der Waals surface area (Å²) in [6.45, 7) is 5.37. The highest BCUT2D eigenvalue weighted by atomic mass is 35.5. The van der Waals surface area contributed by atoms with E-state index in [9.17, 15) is 8.42 Å². The molecular formula is C16H17ClO4S. The van der Waals surface area contributed by atoms with Gasteiger partial charge in [-0.05, 0) is 67.8 Å². The number of aryl methyl sites for hydroxylation is 3. The van der Waals surface area contributed by atoms with Crippen molar-refractivity contribution < 1.29 is 17.3 Å². The first kappa shape index (κ1) is 16.6. The van der Waals surface area contributed by atoms with Crippen molar-refractivity contribution in [2.75, 3.05) is 7.11 Å². The lowest BCUT2D eigenvalue weighted by Crippen LogP contribution is -2.10. The Morgan fingerprint density at radius 3 is 2.05 bits per heavy atom. The van der Waals surface area contributed by atoms with Gasteiger partial charge in [0.05, 0.1) is 7.11 Å². The van der Waals surface area contributed by atoms with E-state index in [1.54, 1.807) is 39.0 Å². The van der Waals surface area contributed by atoms with Crippen LogP contribution in [0.4, 0.5) is 0 Å². The van der Waals surface area contributed by atoms with Crippen LogP contribution >= 0.6 is 11.6 Å². The van der Waals surface area contributed by atoms with Gasteiger partial charge < -0.3 is 8.92 Å². The fourth-order valence-corrected chi connectivity index (χ4v) is 3.25. The molecule has 0 fully saturated rings. The normalized spacial score (nSPS) is 11.3. The van der Waals surface area contributed by atoms with Gasteiger partial charge in [0.1, 0.15) is 16.4 Å². The van der Waals surface area contributed by atoms with Crippen molar-refractivity contribution in [3.63, 3.8) is 0 Å². The lowest BCUT2D eigenvalue weighted by Gasteiger charge is -2.11. The van der Waals surface area contributed by atoms with E-state index >= 15 is 0 Å². The maximum atomic E-state index is 12.4. The van der Waals surface area contributed by atoms with Crippen molar-refractivity contribution in [3.8, 4) is 11.5 Å². The van der Waals surface area contributed by atoms with Crippen molar-refractivity contribution in [2.45, 2.75) is 25.7 Å². The van der Waals surface area contributed by atoms with E-state index < -0.39 is 10.1 Å². The zero-order valence-electron chi connectivity index (χ0n) is 12.8. The molecule has 0 saturated carbocycles. The first-order chi connectivity index (χ1) is 10.2. The van der Waals surface area contributed by atoms with Crippen LogP contribution in [0.1, 0.15) is 16.7 Å². The van der Waals surface area contributed by atoms with E-state index in [1.165, 1.54) is 19.2 Å². The van der Waals surface area contributed by atoms with Gasteiger partial charge in [-0.25, -0.2) is 0 Å². The molecule has 0 saturated heterocycles. The first-order valence-electron chi connectivity index (χ1n) is 6.60. The molecule has 0 aromatic heterocycles. The molecule has 0 bridgehead atoms. The minimum absolute atomic E-state index is 0.0797. The summed E-state index contributed by atoms with van der Waals surface area (Å²) in [6.07, 6.45) is 0. The number of ether oxygens (including phenoxy) is 1. The third kappa shape index (κ3) is 3.36. The van der Waals surface area contributed by atoms with Gasteiger partial charge in [0.25, 0.3) is 0 Å². The van der Waals surface area contributed by atoms with Crippen molar-refractivity contribution in [2.24, 2.45) is 0 Å². The molecule has 22 heavy (non-hydrogen) atoms. The minimum Gasteiger partial charge on any atom is -0.496 e. The summed E-state index contributed by atoms with van der Waals surface area (Å²) in [6, 6.07) is 7.77. The topological polar surface area (TPSA) is 52.6 Å². The van der Waals surface area contributed by atoms with Gasteiger partial charge in [-0.15, -0.1) is 0 Å². The lowest BCUT2D eigenvalue weighted by molar-refractivity contribution is 0.411. The van der Waals surface area contributed by atoms with Gasteiger partial charge in [0.2, 0.25) is 0 Å². The summed E-state index contributed by atoms with van der Waals surface area (Å²) in [4.78, 5) is 0.0797. The zero-order chi connectivity index (χ0) is 16.5. The Kier molecular flexibility index (Phi) is 4.68. The molecule has 6 heteroatoms. The van der Waals surface area contributed by atoms with Gasteiger partial charge in [0.15, 0.2) is 0 Å². The van der Waals surface area contributed by atoms with Crippen LogP contribution < -0.4 is 8.92 Å². The summed E-state index contributed by atoms with van der Waals surface area (Å²) < 4.78 is 35.1. The molecule has 2 aromatic carbocycles. The molecule has 0 N–H and O–H groups in total. The Morgan fingerprint density at radius 1 is 0.955 bits per heavy atom. The van der Waals surface area contributed by atoms with Crippen LogP contribution in [-0.2, 0) is 10.1 Å². The van der Waals surface area contributed by atoms with Gasteiger partial charge in [-0.1, -0.05) is 11.6 Å². The van der Waals surface area contributed by atoms with E-state index in [0.717, 1.165) is 16.7 Å². The van der Waals surface area contributed by atoms with Crippen LogP contribution in [0, 0.1) is 20.8 Å². The second-order valence-electron chi connectivity index (χ2n) is 5.04. The van der Waals surface area contributed by atoms with E-state index in [-0.39, 0.29) is 10.6 Å². The Bertz CT molecular complexity index is 790. The van der Waals surface area contributed by atoms with Gasteiger partial charge in [0, 0.05) is 5.02 Å². The molecule has 0 spiro atoms. The molecule has 0 aliphatic rings. The molecule has 2 aromatic rings. The number of hydrogen-bond acceptors (Lipinski definition) is 4. The van der Waals surface area contributed by atoms with Crippen LogP contribution in [0.3, 0.4) is 0 Å². The SMILES string of the molecule is COc1ccc(S(=O)(=O)Oc2cc(C)c(Cl)c(C)c2)cc1C. The molecule has 0 radical (unpaired) electrons. The molecule has 0 amide bonds. The molecular weight excluding hydrogens is 324 g/mol. The highest BCUT2D eigenvalue weighted by Crippen LogP contribution is 2.29. The van der Waals surface area contributed by atoms with Crippen LogP contribution in [0.15, 0.2) is 35.2 Å². The predicted octanol–water partition coefficient (Wildman–Crippen LogP) is 4.04. The lowest BCUT2D eigenvalue weighted by atomic mass is 10.1. The Balaban J connectivity index is 2.38. The predicted molar refractivity (Wildman–Crippen MR) is 86.5 cm³/mol. The van der Waals surface area contributed by atoms with E-state index in [4.69, 9.17) is 20.5 Å². The quantitative estimate of drug-likeness (QED) is 0.788. The monoisotopic (exact) mass is 340 g/mol. The Morgan fingerprint density at radius 2 is 1.55 bits per heavy atom. The second-order valence-corrected chi connectivity index (χ2v) is 6.96. The second kappa shape index (κ2) is 6.18. The van der Waals surface area contributed by atoms with Crippen molar-refractivity contribution in [3.05, 3.63) is 52.0 Å². The summed E-state index contributed by atoms with van der Waals surface area (Å²) in [5.74, 6) is 0.866. The third-order valence-corrected chi connectivity index (χ3v) is 5.11. The summed E-state index contributed by atoms with van der Waals surface area (Å²) in [5, 5.41) is 0.602. The van der Waals surface area contributed by atoms with Gasteiger partial charge >= 0.3 is 10.1 Å². The Labute approximate surface area is 135 Å². The molecule has 0 aliphatic carbocycles. The number of halogens is 1. The molecule has 0 heterocycles. The fraction of sp³-hybridized carbons (Fsp3) is 0.250. The standard InChI is InChI=1S/C16H17ClO4S/c1-10-9-14(5-6-15(10)20-4)22(18,19)21-13-7-11(2)16(17)12(3)8-13/h5-9H,1-4H3. The summed E-state index contributed by atoms with van der Waals surface area (Å²) in [7, 11) is -2.37. The van der Waals surface area contributed by atoms with Crippen LogP contribution in [-0.4, -0.2) is 15.5 Å². The number of rotatable bonds is 4. The van der Waals surface area contributed by atoms with E-state index in [0.29, 0.717) is 10.8 Å². The largest absolute Gasteiger partial charge is 0.496 e. The van der Waals surface area contributed by atoms with Gasteiger partial charge in [-0.3, -0.25) is 0 Å². The molecule has 0 aliphatic heterocycles. The van der Waals surface area contributed by atoms with Crippen molar-refractivity contribution in [1.29, 1.82) is 0 Å². The highest BCUT2D eigenvalue weighted by Gasteiger charge is 2.19. The number of benzene rings is 2.